The maximum Gasteiger partial charge on any atom is 0.261 e. The molecule has 0 fully saturated rings. The van der Waals surface area contributed by atoms with Gasteiger partial charge in [-0.1, -0.05) is 36.2 Å². The Bertz CT molecular complexity index is 875. The van der Waals surface area contributed by atoms with E-state index in [0.29, 0.717) is 22.2 Å². The first-order valence-corrected chi connectivity index (χ1v) is 10.4. The highest BCUT2D eigenvalue weighted by Crippen LogP contribution is 2.24. The van der Waals surface area contributed by atoms with Gasteiger partial charge in [0, 0.05) is 12.6 Å². The summed E-state index contributed by atoms with van der Waals surface area (Å²) in [6, 6.07) is 9.68. The number of nitrogens with zero attached hydrogens (tertiary/aromatic N) is 1. The summed E-state index contributed by atoms with van der Waals surface area (Å²) in [4.78, 5) is 27.2. The highest BCUT2D eigenvalue weighted by atomic mass is 35.5. The summed E-state index contributed by atoms with van der Waals surface area (Å²) in [5, 5.41) is 3.62. The van der Waals surface area contributed by atoms with Crippen molar-refractivity contribution in [3.05, 3.63) is 63.9 Å². The topological polar surface area (TPSA) is 58.6 Å². The normalized spacial score (nSPS) is 11.8. The molecule has 30 heavy (non-hydrogen) atoms. The van der Waals surface area contributed by atoms with E-state index in [-0.39, 0.29) is 31.0 Å². The van der Waals surface area contributed by atoms with E-state index in [0.717, 1.165) is 5.56 Å². The molecule has 0 bridgehead atoms. The monoisotopic (exact) mass is 454 g/mol. The van der Waals surface area contributed by atoms with Crippen molar-refractivity contribution in [1.82, 2.24) is 10.2 Å². The van der Waals surface area contributed by atoms with Crippen LogP contribution in [0.5, 0.6) is 5.75 Å². The maximum atomic E-state index is 13.1. The molecule has 5 nitrogen and oxygen atoms in total. The van der Waals surface area contributed by atoms with E-state index in [1.54, 1.807) is 18.2 Å². The number of hydrogen-bond acceptors (Lipinski definition) is 3. The lowest BCUT2D eigenvalue weighted by Gasteiger charge is -2.31. The second kappa shape index (κ2) is 11.2. The van der Waals surface area contributed by atoms with Crippen LogP contribution in [0.25, 0.3) is 0 Å². The fourth-order valence-corrected chi connectivity index (χ4v) is 3.21. The molecule has 0 aromatic heterocycles. The molecule has 2 aromatic rings. The van der Waals surface area contributed by atoms with Crippen LogP contribution in [0, 0.1) is 5.82 Å². The Hall–Kier alpha value is -2.31. The molecule has 2 aromatic carbocycles. The van der Waals surface area contributed by atoms with Crippen LogP contribution in [-0.2, 0) is 16.1 Å². The number of amides is 2. The summed E-state index contributed by atoms with van der Waals surface area (Å²) in [6.45, 7) is 5.41. The third kappa shape index (κ3) is 6.89. The smallest absolute Gasteiger partial charge is 0.261 e. The number of carbonyl (C=O) groups excluding carboxylic acids is 2. The van der Waals surface area contributed by atoms with Gasteiger partial charge in [-0.15, -0.1) is 0 Å². The van der Waals surface area contributed by atoms with E-state index in [9.17, 15) is 14.0 Å². The first-order chi connectivity index (χ1) is 14.2. The molecule has 0 saturated heterocycles. The zero-order valence-corrected chi connectivity index (χ0v) is 18.6. The molecule has 0 spiro atoms. The summed E-state index contributed by atoms with van der Waals surface area (Å²) in [7, 11) is 0. The van der Waals surface area contributed by atoms with Gasteiger partial charge in [-0.2, -0.15) is 0 Å². The average molecular weight is 455 g/mol. The van der Waals surface area contributed by atoms with Crippen molar-refractivity contribution in [2.45, 2.75) is 45.8 Å². The van der Waals surface area contributed by atoms with Gasteiger partial charge in [0.2, 0.25) is 5.91 Å². The van der Waals surface area contributed by atoms with Crippen LogP contribution in [-0.4, -0.2) is 35.4 Å². The maximum absolute atomic E-state index is 13.1. The van der Waals surface area contributed by atoms with Gasteiger partial charge in [0.25, 0.3) is 5.91 Å². The van der Waals surface area contributed by atoms with Crippen molar-refractivity contribution in [2.75, 3.05) is 6.61 Å². The number of rotatable bonds is 9. The lowest BCUT2D eigenvalue weighted by molar-refractivity contribution is -0.143. The first-order valence-electron chi connectivity index (χ1n) is 9.63. The van der Waals surface area contributed by atoms with Gasteiger partial charge in [-0.25, -0.2) is 4.39 Å². The van der Waals surface area contributed by atoms with E-state index in [1.165, 1.54) is 29.2 Å². The minimum Gasteiger partial charge on any atom is -0.484 e. The molecular formula is C22H25Cl2FN2O3. The fraction of sp³-hybridized carbons (Fsp3) is 0.364. The van der Waals surface area contributed by atoms with Crippen LogP contribution in [0.2, 0.25) is 10.0 Å². The summed E-state index contributed by atoms with van der Waals surface area (Å²) in [5.41, 5.74) is 0.732. The largest absolute Gasteiger partial charge is 0.484 e. The number of nitrogens with one attached hydrogen (secondary N) is 1. The Labute approximate surface area is 186 Å². The Morgan fingerprint density at radius 2 is 1.77 bits per heavy atom. The number of carbonyl (C=O) groups is 2. The number of ether oxygens (including phenoxy) is 1. The van der Waals surface area contributed by atoms with Crippen LogP contribution in [0.4, 0.5) is 4.39 Å². The molecule has 162 valence electrons. The molecule has 2 rings (SSSR count). The number of halogens is 3. The van der Waals surface area contributed by atoms with E-state index >= 15 is 0 Å². The van der Waals surface area contributed by atoms with E-state index in [4.69, 9.17) is 27.9 Å². The third-order valence-electron chi connectivity index (χ3n) is 4.33. The highest BCUT2D eigenvalue weighted by molar-refractivity contribution is 6.42. The summed E-state index contributed by atoms with van der Waals surface area (Å²) in [6.07, 6.45) is 0.419. The van der Waals surface area contributed by atoms with Gasteiger partial charge >= 0.3 is 0 Å². The Morgan fingerprint density at radius 3 is 2.33 bits per heavy atom. The van der Waals surface area contributed by atoms with E-state index in [2.05, 4.69) is 5.32 Å². The summed E-state index contributed by atoms with van der Waals surface area (Å²) in [5.74, 6) is -0.663. The molecule has 8 heteroatoms. The van der Waals surface area contributed by atoms with Crippen molar-refractivity contribution in [3.63, 3.8) is 0 Å². The predicted octanol–water partition coefficient (Wildman–Crippen LogP) is 4.84. The predicted molar refractivity (Wildman–Crippen MR) is 116 cm³/mol. The van der Waals surface area contributed by atoms with Crippen molar-refractivity contribution < 1.29 is 18.7 Å². The number of benzene rings is 2. The van der Waals surface area contributed by atoms with Gasteiger partial charge in [-0.3, -0.25) is 9.59 Å². The second-order valence-electron chi connectivity index (χ2n) is 7.10. The molecule has 1 atom stereocenters. The molecule has 0 aliphatic rings. The quantitative estimate of drug-likeness (QED) is 0.589. The van der Waals surface area contributed by atoms with Gasteiger partial charge in [0.1, 0.15) is 17.6 Å². The Kier molecular flexibility index (Phi) is 8.93. The molecule has 0 aliphatic carbocycles. The molecule has 0 aliphatic heterocycles. The molecule has 0 unspecified atom stereocenters. The number of hydrogen-bond donors (Lipinski definition) is 1. The standard InChI is InChI=1S/C22H25Cl2FN2O3/c1-4-20(22(29)26-14(2)3)27(12-15-5-10-18(23)19(24)11-15)21(28)13-30-17-8-6-16(25)7-9-17/h5-11,14,20H,4,12-13H2,1-3H3,(H,26,29)/t20-/m0/s1. The van der Waals surface area contributed by atoms with Gasteiger partial charge < -0.3 is 15.0 Å². The minimum absolute atomic E-state index is 0.0658. The van der Waals surface area contributed by atoms with Crippen LogP contribution < -0.4 is 10.1 Å². The van der Waals surface area contributed by atoms with E-state index < -0.39 is 11.9 Å². The van der Waals surface area contributed by atoms with Gasteiger partial charge in [0.15, 0.2) is 6.61 Å². The fourth-order valence-electron chi connectivity index (χ4n) is 2.89. The SMILES string of the molecule is CC[C@@H](C(=O)NC(C)C)N(Cc1ccc(Cl)c(Cl)c1)C(=O)COc1ccc(F)cc1. The lowest BCUT2D eigenvalue weighted by atomic mass is 10.1. The van der Waals surface area contributed by atoms with E-state index in [1.807, 2.05) is 20.8 Å². The molecule has 2 amide bonds. The summed E-state index contributed by atoms with van der Waals surface area (Å²) >= 11 is 12.1. The first kappa shape index (κ1) is 24.0. The van der Waals surface area contributed by atoms with Crippen LogP contribution in [0.3, 0.4) is 0 Å². The average Bonchev–Trinajstić information content (AvgIpc) is 2.69. The minimum atomic E-state index is -0.689. The zero-order valence-electron chi connectivity index (χ0n) is 17.1. The zero-order chi connectivity index (χ0) is 22.3. The molecule has 0 saturated carbocycles. The second-order valence-corrected chi connectivity index (χ2v) is 7.91. The molecule has 1 N–H and O–H groups in total. The van der Waals surface area contributed by atoms with Crippen LogP contribution in [0.1, 0.15) is 32.8 Å². The Morgan fingerprint density at radius 1 is 1.10 bits per heavy atom. The van der Waals surface area contributed by atoms with Crippen LogP contribution >= 0.6 is 23.2 Å². The summed E-state index contributed by atoms with van der Waals surface area (Å²) < 4.78 is 18.6. The Balaban J connectivity index is 2.23. The van der Waals surface area contributed by atoms with Gasteiger partial charge in [0.05, 0.1) is 10.0 Å². The van der Waals surface area contributed by atoms with Crippen molar-refractivity contribution in [3.8, 4) is 5.75 Å². The third-order valence-corrected chi connectivity index (χ3v) is 5.07. The highest BCUT2D eigenvalue weighted by Gasteiger charge is 2.29. The van der Waals surface area contributed by atoms with Crippen molar-refractivity contribution in [1.29, 1.82) is 0 Å². The van der Waals surface area contributed by atoms with Crippen LogP contribution in [0.15, 0.2) is 42.5 Å². The molecule has 0 radical (unpaired) electrons. The van der Waals surface area contributed by atoms with Crippen molar-refractivity contribution >= 4 is 35.0 Å². The van der Waals surface area contributed by atoms with Crippen molar-refractivity contribution in [2.24, 2.45) is 0 Å². The molecular weight excluding hydrogens is 430 g/mol. The molecule has 0 heterocycles. The van der Waals surface area contributed by atoms with Gasteiger partial charge in [-0.05, 0) is 62.2 Å². The lowest BCUT2D eigenvalue weighted by Crippen LogP contribution is -2.51.